The first-order valence-electron chi connectivity index (χ1n) is 5.83. The minimum absolute atomic E-state index is 0.350. The lowest BCUT2D eigenvalue weighted by Crippen LogP contribution is -2.36. The molecule has 0 aromatic heterocycles. The maximum Gasteiger partial charge on any atom is 0.0586 e. The van der Waals surface area contributed by atoms with Gasteiger partial charge in [-0.1, -0.05) is 0 Å². The second-order valence-electron chi connectivity index (χ2n) is 4.89. The zero-order chi connectivity index (χ0) is 9.97. The van der Waals surface area contributed by atoms with Crippen LogP contribution in [0.4, 0.5) is 0 Å². The Morgan fingerprint density at radius 3 is 2.79 bits per heavy atom. The van der Waals surface area contributed by atoms with Gasteiger partial charge in [-0.3, -0.25) is 4.90 Å². The second-order valence-corrected chi connectivity index (χ2v) is 4.89. The fourth-order valence-corrected chi connectivity index (χ4v) is 2.85. The highest BCUT2D eigenvalue weighted by Gasteiger charge is 2.28. The first-order chi connectivity index (χ1) is 6.79. The van der Waals surface area contributed by atoms with Crippen molar-refractivity contribution in [2.45, 2.75) is 25.3 Å². The lowest BCUT2D eigenvalue weighted by atomic mass is 10.1. The first-order valence-corrected chi connectivity index (χ1v) is 5.83. The van der Waals surface area contributed by atoms with Crippen molar-refractivity contribution in [1.29, 1.82) is 0 Å². The largest absolute Gasteiger partial charge is 0.395 e. The normalized spacial score (nSPS) is 35.6. The highest BCUT2D eigenvalue weighted by atomic mass is 16.3. The number of hydrogen-bond donors (Lipinski definition) is 1. The Morgan fingerprint density at radius 2 is 2.14 bits per heavy atom. The van der Waals surface area contributed by atoms with E-state index < -0.39 is 0 Å². The summed E-state index contributed by atoms with van der Waals surface area (Å²) in [5.74, 6) is 0.840. The molecule has 0 aliphatic carbocycles. The van der Waals surface area contributed by atoms with Crippen LogP contribution in [0, 0.1) is 5.92 Å². The Labute approximate surface area is 86.7 Å². The summed E-state index contributed by atoms with van der Waals surface area (Å²) < 4.78 is 0. The Hall–Kier alpha value is -0.120. The van der Waals surface area contributed by atoms with E-state index in [9.17, 15) is 5.11 Å². The summed E-state index contributed by atoms with van der Waals surface area (Å²) >= 11 is 0. The van der Waals surface area contributed by atoms with Gasteiger partial charge in [0, 0.05) is 19.1 Å². The van der Waals surface area contributed by atoms with Crippen LogP contribution >= 0.6 is 0 Å². The van der Waals surface area contributed by atoms with E-state index in [0.717, 1.165) is 5.92 Å². The van der Waals surface area contributed by atoms with Gasteiger partial charge in [-0.25, -0.2) is 0 Å². The number of aliphatic hydroxyl groups is 1. The standard InChI is InChI=1S/C11H22N2O/c1-12-6-4-10(7-12)8-13-5-2-3-11(13)9-14/h10-11,14H,2-9H2,1H3/t10?,11-/m1/s1. The van der Waals surface area contributed by atoms with Gasteiger partial charge in [0.15, 0.2) is 0 Å². The summed E-state index contributed by atoms with van der Waals surface area (Å²) in [6, 6.07) is 0.459. The van der Waals surface area contributed by atoms with Crippen LogP contribution in [0.1, 0.15) is 19.3 Å². The minimum Gasteiger partial charge on any atom is -0.395 e. The van der Waals surface area contributed by atoms with Crippen molar-refractivity contribution in [2.75, 3.05) is 39.8 Å². The van der Waals surface area contributed by atoms with Crippen LogP contribution in [-0.4, -0.2) is 60.8 Å². The molecule has 2 aliphatic heterocycles. The molecule has 2 fully saturated rings. The molecule has 0 saturated carbocycles. The molecule has 1 unspecified atom stereocenters. The third-order valence-corrected chi connectivity index (χ3v) is 3.69. The molecule has 14 heavy (non-hydrogen) atoms. The minimum atomic E-state index is 0.350. The third kappa shape index (κ3) is 2.27. The SMILES string of the molecule is CN1CCC(CN2CCC[C@@H]2CO)C1. The van der Waals surface area contributed by atoms with Crippen molar-refractivity contribution in [3.63, 3.8) is 0 Å². The van der Waals surface area contributed by atoms with Crippen molar-refractivity contribution >= 4 is 0 Å². The van der Waals surface area contributed by atoms with Crippen LogP contribution in [-0.2, 0) is 0 Å². The molecule has 0 bridgehead atoms. The molecule has 2 saturated heterocycles. The first kappa shape index (κ1) is 10.4. The van der Waals surface area contributed by atoms with Crippen molar-refractivity contribution in [3.8, 4) is 0 Å². The van der Waals surface area contributed by atoms with Gasteiger partial charge in [0.2, 0.25) is 0 Å². The van der Waals surface area contributed by atoms with E-state index in [4.69, 9.17) is 0 Å². The van der Waals surface area contributed by atoms with Crippen LogP contribution in [0.5, 0.6) is 0 Å². The molecule has 0 radical (unpaired) electrons. The van der Waals surface area contributed by atoms with E-state index in [1.165, 1.54) is 45.4 Å². The van der Waals surface area contributed by atoms with E-state index in [1.807, 2.05) is 0 Å². The summed E-state index contributed by atoms with van der Waals surface area (Å²) in [5.41, 5.74) is 0. The van der Waals surface area contributed by atoms with Gasteiger partial charge in [-0.05, 0) is 45.3 Å². The summed E-state index contributed by atoms with van der Waals surface area (Å²) in [6.45, 7) is 5.25. The van der Waals surface area contributed by atoms with Gasteiger partial charge >= 0.3 is 0 Å². The summed E-state index contributed by atoms with van der Waals surface area (Å²) in [5, 5.41) is 9.21. The van der Waals surface area contributed by atoms with E-state index in [-0.39, 0.29) is 0 Å². The number of likely N-dealkylation sites (tertiary alicyclic amines) is 2. The monoisotopic (exact) mass is 198 g/mol. The van der Waals surface area contributed by atoms with Crippen LogP contribution in [0.2, 0.25) is 0 Å². The van der Waals surface area contributed by atoms with Crippen LogP contribution in [0.15, 0.2) is 0 Å². The number of nitrogens with zero attached hydrogens (tertiary/aromatic N) is 2. The summed E-state index contributed by atoms with van der Waals surface area (Å²) in [4.78, 5) is 4.90. The molecule has 2 atom stereocenters. The second kappa shape index (κ2) is 4.60. The molecule has 3 heteroatoms. The highest BCUT2D eigenvalue weighted by molar-refractivity contribution is 4.83. The van der Waals surface area contributed by atoms with Crippen molar-refractivity contribution in [2.24, 2.45) is 5.92 Å². The molecule has 2 aliphatic rings. The Bertz CT molecular complexity index is 186. The molecule has 0 spiro atoms. The average molecular weight is 198 g/mol. The third-order valence-electron chi connectivity index (χ3n) is 3.69. The number of rotatable bonds is 3. The number of aliphatic hydroxyl groups excluding tert-OH is 1. The predicted octanol–water partition coefficient (Wildman–Crippen LogP) is 0.395. The van der Waals surface area contributed by atoms with Gasteiger partial charge in [-0.2, -0.15) is 0 Å². The van der Waals surface area contributed by atoms with Crippen LogP contribution in [0.25, 0.3) is 0 Å². The van der Waals surface area contributed by atoms with Crippen LogP contribution < -0.4 is 0 Å². The van der Waals surface area contributed by atoms with Gasteiger partial charge < -0.3 is 10.0 Å². The maximum atomic E-state index is 9.21. The smallest absolute Gasteiger partial charge is 0.0586 e. The molecule has 2 heterocycles. The molecule has 2 rings (SSSR count). The Kier molecular flexibility index (Phi) is 3.42. The Balaban J connectivity index is 1.79. The summed E-state index contributed by atoms with van der Waals surface area (Å²) in [6.07, 6.45) is 3.80. The molecule has 3 nitrogen and oxygen atoms in total. The van der Waals surface area contributed by atoms with Crippen molar-refractivity contribution < 1.29 is 5.11 Å². The number of hydrogen-bond acceptors (Lipinski definition) is 3. The van der Waals surface area contributed by atoms with E-state index in [0.29, 0.717) is 12.6 Å². The van der Waals surface area contributed by atoms with Crippen molar-refractivity contribution in [1.82, 2.24) is 9.80 Å². The summed E-state index contributed by atoms with van der Waals surface area (Å²) in [7, 11) is 2.20. The molecular weight excluding hydrogens is 176 g/mol. The zero-order valence-corrected chi connectivity index (χ0v) is 9.15. The highest BCUT2D eigenvalue weighted by Crippen LogP contribution is 2.22. The van der Waals surface area contributed by atoms with E-state index in [2.05, 4.69) is 16.8 Å². The molecule has 82 valence electrons. The van der Waals surface area contributed by atoms with E-state index in [1.54, 1.807) is 0 Å². The van der Waals surface area contributed by atoms with Crippen LogP contribution in [0.3, 0.4) is 0 Å². The van der Waals surface area contributed by atoms with Gasteiger partial charge in [-0.15, -0.1) is 0 Å². The molecular formula is C11H22N2O. The molecule has 0 aromatic carbocycles. The predicted molar refractivity (Wildman–Crippen MR) is 57.3 cm³/mol. The van der Waals surface area contributed by atoms with E-state index >= 15 is 0 Å². The fourth-order valence-electron chi connectivity index (χ4n) is 2.85. The lowest BCUT2D eigenvalue weighted by molar-refractivity contribution is 0.143. The average Bonchev–Trinajstić information content (AvgIpc) is 2.76. The molecule has 1 N–H and O–H groups in total. The Morgan fingerprint density at radius 1 is 1.29 bits per heavy atom. The fraction of sp³-hybridized carbons (Fsp3) is 1.00. The quantitative estimate of drug-likeness (QED) is 0.711. The maximum absolute atomic E-state index is 9.21. The van der Waals surface area contributed by atoms with Gasteiger partial charge in [0.1, 0.15) is 0 Å². The molecule has 0 amide bonds. The molecule has 0 aromatic rings. The topological polar surface area (TPSA) is 26.7 Å². The van der Waals surface area contributed by atoms with Crippen molar-refractivity contribution in [3.05, 3.63) is 0 Å². The zero-order valence-electron chi connectivity index (χ0n) is 9.15. The van der Waals surface area contributed by atoms with Gasteiger partial charge in [0.05, 0.1) is 6.61 Å². The van der Waals surface area contributed by atoms with Gasteiger partial charge in [0.25, 0.3) is 0 Å². The lowest BCUT2D eigenvalue weighted by Gasteiger charge is -2.25.